The number of hydrogen-bond acceptors (Lipinski definition) is 5. The summed E-state index contributed by atoms with van der Waals surface area (Å²) in [6.45, 7) is 2.96. The molecule has 0 saturated heterocycles. The van der Waals surface area contributed by atoms with E-state index in [4.69, 9.17) is 11.6 Å². The Balaban J connectivity index is 1.53. The molecule has 1 aliphatic carbocycles. The lowest BCUT2D eigenvalue weighted by Gasteiger charge is -2.25. The number of aromatic nitrogens is 1. The molecule has 8 heteroatoms. The number of anilines is 2. The molecule has 0 amide bonds. The van der Waals surface area contributed by atoms with Crippen molar-refractivity contribution in [1.82, 2.24) is 4.98 Å². The van der Waals surface area contributed by atoms with Crippen molar-refractivity contribution in [3.8, 4) is 0 Å². The fraction of sp³-hybridized carbons (Fsp3) is 0.345. The van der Waals surface area contributed by atoms with Gasteiger partial charge in [0.15, 0.2) is 4.90 Å². The highest BCUT2D eigenvalue weighted by Crippen LogP contribution is 2.35. The Labute approximate surface area is 225 Å². The number of carbonyl (C=O) groups is 2. The van der Waals surface area contributed by atoms with Gasteiger partial charge < -0.3 is 14.6 Å². The number of carbonyl (C=O) groups excluding carboxylic acids is 1. The maximum atomic E-state index is 13.2. The van der Waals surface area contributed by atoms with Crippen LogP contribution in [0.1, 0.15) is 71.9 Å². The highest BCUT2D eigenvalue weighted by molar-refractivity contribution is 7.91. The van der Waals surface area contributed by atoms with Crippen molar-refractivity contribution in [3.05, 3.63) is 82.6 Å². The summed E-state index contributed by atoms with van der Waals surface area (Å²) < 4.78 is 12.7. The molecule has 6 nitrogen and oxygen atoms in total. The molecule has 1 heterocycles. The van der Waals surface area contributed by atoms with Crippen LogP contribution in [-0.4, -0.2) is 38.7 Å². The number of halogens is 1. The highest BCUT2D eigenvalue weighted by atomic mass is 35.5. The van der Waals surface area contributed by atoms with Crippen molar-refractivity contribution in [3.63, 3.8) is 0 Å². The van der Waals surface area contributed by atoms with E-state index < -0.39 is 17.1 Å². The van der Waals surface area contributed by atoms with Gasteiger partial charge in [0.05, 0.1) is 11.9 Å². The molecule has 1 fully saturated rings. The first kappa shape index (κ1) is 27.2. The minimum Gasteiger partial charge on any atom is -0.611 e. The van der Waals surface area contributed by atoms with E-state index in [0.717, 1.165) is 43.6 Å². The summed E-state index contributed by atoms with van der Waals surface area (Å²) in [6.07, 6.45) is 7.91. The summed E-state index contributed by atoms with van der Waals surface area (Å²) in [5, 5.41) is 10.4. The number of nitrogens with zero attached hydrogens (tertiary/aromatic N) is 2. The Kier molecular flexibility index (Phi) is 9.24. The van der Waals surface area contributed by atoms with E-state index in [1.807, 2.05) is 30.3 Å². The van der Waals surface area contributed by atoms with Gasteiger partial charge in [0, 0.05) is 22.8 Å². The van der Waals surface area contributed by atoms with Crippen LogP contribution in [0.3, 0.4) is 0 Å². The smallest absolute Gasteiger partial charge is 0.340 e. The summed E-state index contributed by atoms with van der Waals surface area (Å²) in [5.41, 5.74) is 2.19. The summed E-state index contributed by atoms with van der Waals surface area (Å²) in [4.78, 5) is 31.9. The number of unbranched alkanes of at least 4 members (excludes halogenated alkanes) is 3. The Bertz CT molecular complexity index is 1230. The van der Waals surface area contributed by atoms with E-state index in [9.17, 15) is 19.2 Å². The molecular weight excluding hydrogens is 508 g/mol. The number of carboxylic acid groups (broad SMARTS) is 1. The molecule has 0 spiro atoms. The standard InChI is InChI=1S/C29H31ClN2O4S/c1-2-3-4-5-16-37(36)27-15-8-21(17-25(27)29(34)35)28(33)26-14-13-24(18-31-26)32(19-20-6-7-20)23-11-9-22(30)10-12-23/h8-15,17-18,20H,2-7,16,19H2,1H3,(H,34,35). The number of hydrogen-bond donors (Lipinski definition) is 1. The van der Waals surface area contributed by atoms with Gasteiger partial charge in [-0.2, -0.15) is 0 Å². The van der Waals surface area contributed by atoms with E-state index >= 15 is 0 Å². The third kappa shape index (κ3) is 7.12. The molecule has 0 radical (unpaired) electrons. The molecule has 1 aliphatic rings. The first-order chi connectivity index (χ1) is 17.9. The number of rotatable bonds is 13. The topological polar surface area (TPSA) is 93.6 Å². The van der Waals surface area contributed by atoms with Gasteiger partial charge in [-0.05, 0) is 97.4 Å². The SMILES string of the molecule is CCCCCC[S+]([O-])c1ccc(C(=O)c2ccc(N(CC3CC3)c3ccc(Cl)cc3)cn2)cc1C(=O)O. The van der Waals surface area contributed by atoms with Gasteiger partial charge in [0.25, 0.3) is 0 Å². The minimum atomic E-state index is -1.43. The Morgan fingerprint density at radius 2 is 1.78 bits per heavy atom. The predicted molar refractivity (Wildman–Crippen MR) is 148 cm³/mol. The average Bonchev–Trinajstić information content (AvgIpc) is 3.74. The molecule has 0 bridgehead atoms. The molecule has 1 unspecified atom stereocenters. The number of aromatic carboxylic acids is 1. The van der Waals surface area contributed by atoms with E-state index in [1.54, 1.807) is 12.3 Å². The zero-order chi connectivity index (χ0) is 26.4. The summed E-state index contributed by atoms with van der Waals surface area (Å²) >= 11 is 4.63. The Morgan fingerprint density at radius 1 is 1.05 bits per heavy atom. The lowest BCUT2D eigenvalue weighted by Crippen LogP contribution is -2.20. The minimum absolute atomic E-state index is 0.102. The van der Waals surface area contributed by atoms with Crippen LogP contribution < -0.4 is 4.90 Å². The molecule has 1 N–H and O–H groups in total. The first-order valence-electron chi connectivity index (χ1n) is 12.7. The quantitative estimate of drug-likeness (QED) is 0.144. The molecule has 1 saturated carbocycles. The molecule has 37 heavy (non-hydrogen) atoms. The third-order valence-corrected chi connectivity index (χ3v) is 8.23. The predicted octanol–water partition coefficient (Wildman–Crippen LogP) is 6.90. The summed E-state index contributed by atoms with van der Waals surface area (Å²) in [7, 11) is 0. The number of benzene rings is 2. The Hall–Kier alpha value is -2.87. The van der Waals surface area contributed by atoms with Crippen LogP contribution in [0.25, 0.3) is 0 Å². The van der Waals surface area contributed by atoms with Crippen LogP contribution in [0, 0.1) is 5.92 Å². The molecule has 4 rings (SSSR count). The lowest BCUT2D eigenvalue weighted by molar-refractivity contribution is 0.0692. The fourth-order valence-electron chi connectivity index (χ4n) is 4.17. The van der Waals surface area contributed by atoms with Crippen molar-refractivity contribution in [2.75, 3.05) is 17.2 Å². The second-order valence-corrected chi connectivity index (χ2v) is 11.4. The zero-order valence-corrected chi connectivity index (χ0v) is 22.4. The van der Waals surface area contributed by atoms with Gasteiger partial charge in [-0.3, -0.25) is 9.78 Å². The van der Waals surface area contributed by atoms with E-state index in [-0.39, 0.29) is 27.5 Å². The average molecular weight is 539 g/mol. The normalized spacial score (nSPS) is 13.8. The van der Waals surface area contributed by atoms with Crippen molar-refractivity contribution < 1.29 is 19.2 Å². The van der Waals surface area contributed by atoms with Crippen LogP contribution in [-0.2, 0) is 11.2 Å². The Morgan fingerprint density at radius 3 is 2.41 bits per heavy atom. The van der Waals surface area contributed by atoms with E-state index in [1.165, 1.54) is 31.0 Å². The molecule has 194 valence electrons. The molecule has 3 aromatic rings. The van der Waals surface area contributed by atoms with Gasteiger partial charge in [0.2, 0.25) is 5.78 Å². The molecule has 2 aromatic carbocycles. The van der Waals surface area contributed by atoms with Crippen molar-refractivity contribution >= 4 is 45.9 Å². The monoisotopic (exact) mass is 538 g/mol. The molecule has 1 aromatic heterocycles. The van der Waals surface area contributed by atoms with Crippen molar-refractivity contribution in [1.29, 1.82) is 0 Å². The van der Waals surface area contributed by atoms with Gasteiger partial charge in [-0.15, -0.1) is 0 Å². The van der Waals surface area contributed by atoms with Crippen LogP contribution in [0.4, 0.5) is 11.4 Å². The van der Waals surface area contributed by atoms with Gasteiger partial charge >= 0.3 is 5.97 Å². The third-order valence-electron chi connectivity index (χ3n) is 6.47. The number of carboxylic acids is 1. The van der Waals surface area contributed by atoms with Crippen LogP contribution in [0.2, 0.25) is 5.02 Å². The van der Waals surface area contributed by atoms with Crippen LogP contribution >= 0.6 is 11.6 Å². The second kappa shape index (κ2) is 12.6. The number of pyridine rings is 1. The van der Waals surface area contributed by atoms with Gasteiger partial charge in [-0.1, -0.05) is 31.4 Å². The zero-order valence-electron chi connectivity index (χ0n) is 20.9. The van der Waals surface area contributed by atoms with E-state index in [0.29, 0.717) is 16.7 Å². The van der Waals surface area contributed by atoms with Crippen molar-refractivity contribution in [2.45, 2.75) is 50.3 Å². The molecular formula is C29H31ClN2O4S. The van der Waals surface area contributed by atoms with Gasteiger partial charge in [-0.25, -0.2) is 4.79 Å². The van der Waals surface area contributed by atoms with Gasteiger partial charge in [0.1, 0.15) is 17.0 Å². The summed E-state index contributed by atoms with van der Waals surface area (Å²) in [6, 6.07) is 15.5. The lowest BCUT2D eigenvalue weighted by atomic mass is 10.0. The highest BCUT2D eigenvalue weighted by Gasteiger charge is 2.26. The maximum absolute atomic E-state index is 13.2. The van der Waals surface area contributed by atoms with Crippen LogP contribution in [0.15, 0.2) is 65.7 Å². The second-order valence-electron chi connectivity index (χ2n) is 9.39. The maximum Gasteiger partial charge on any atom is 0.340 e. The fourth-order valence-corrected chi connectivity index (χ4v) is 5.60. The first-order valence-corrected chi connectivity index (χ1v) is 14.4. The van der Waals surface area contributed by atoms with E-state index in [2.05, 4.69) is 16.8 Å². The van der Waals surface area contributed by atoms with Crippen molar-refractivity contribution in [2.24, 2.45) is 5.92 Å². The largest absolute Gasteiger partial charge is 0.611 e. The van der Waals surface area contributed by atoms with Crippen LogP contribution in [0.5, 0.6) is 0 Å². The molecule has 1 atom stereocenters. The summed E-state index contributed by atoms with van der Waals surface area (Å²) in [5.74, 6) is -0.549. The molecule has 0 aliphatic heterocycles. The number of ketones is 1.